The van der Waals surface area contributed by atoms with Gasteiger partial charge in [-0.15, -0.1) is 0 Å². The summed E-state index contributed by atoms with van der Waals surface area (Å²) >= 11 is 28.0. The number of hydrogen-bond donors (Lipinski definition) is 0. The summed E-state index contributed by atoms with van der Waals surface area (Å²) in [5.41, 5.74) is 0. The molecule has 0 unspecified atom stereocenters. The van der Waals surface area contributed by atoms with Crippen molar-refractivity contribution in [3.8, 4) is 0 Å². The molecule has 0 saturated heterocycles. The van der Waals surface area contributed by atoms with Crippen molar-refractivity contribution in [3.05, 3.63) is 9.52 Å². The van der Waals surface area contributed by atoms with Crippen LogP contribution in [0.5, 0.6) is 0 Å². The molecule has 0 aromatic carbocycles. The maximum Gasteiger partial charge on any atom is 0.155 e. The summed E-state index contributed by atoms with van der Waals surface area (Å²) in [7, 11) is 0. The van der Waals surface area contributed by atoms with Gasteiger partial charge in [0.2, 0.25) is 0 Å². The Balaban J connectivity index is 4.42. The second-order valence-electron chi connectivity index (χ2n) is 2.03. The first-order valence-corrected chi connectivity index (χ1v) is 4.90. The minimum absolute atomic E-state index is 0.0786. The van der Waals surface area contributed by atoms with Gasteiger partial charge in [-0.1, -0.05) is 71.3 Å². The lowest BCUT2D eigenvalue weighted by Crippen LogP contribution is -2.12. The fourth-order valence-corrected chi connectivity index (χ4v) is 1.74. The highest BCUT2D eigenvalue weighted by Crippen LogP contribution is 2.40. The van der Waals surface area contributed by atoms with Crippen molar-refractivity contribution in [2.75, 3.05) is 0 Å². The number of halogens is 5. The Bertz CT molecular complexity index is 156. The van der Waals surface area contributed by atoms with Gasteiger partial charge >= 0.3 is 0 Å². The molecule has 66 valence electrons. The summed E-state index contributed by atoms with van der Waals surface area (Å²) in [6.45, 7) is 1.94. The maximum atomic E-state index is 5.79. The molecule has 0 atom stereocenters. The maximum absolute atomic E-state index is 5.79. The molecule has 0 saturated carbocycles. The summed E-state index contributed by atoms with van der Waals surface area (Å²) in [4.78, 5) is 0. The molecule has 0 nitrogen and oxygen atoms in total. The Morgan fingerprint density at radius 1 is 1.18 bits per heavy atom. The number of rotatable bonds is 3. The van der Waals surface area contributed by atoms with Gasteiger partial charge in [0.1, 0.15) is 4.49 Å². The molecule has 0 rings (SSSR count). The van der Waals surface area contributed by atoms with E-state index in [9.17, 15) is 0 Å². The van der Waals surface area contributed by atoms with Crippen LogP contribution in [0.1, 0.15) is 19.8 Å². The van der Waals surface area contributed by atoms with Crippen LogP contribution < -0.4 is 0 Å². The molecule has 0 aromatic rings. The topological polar surface area (TPSA) is 0 Å². The second-order valence-corrected chi connectivity index (χ2v) is 4.84. The Hall–Kier alpha value is 1.19. The van der Waals surface area contributed by atoms with E-state index >= 15 is 0 Å². The minimum atomic E-state index is -1.14. The zero-order chi connectivity index (χ0) is 9.07. The molecular weight excluding hydrogens is 249 g/mol. The second kappa shape index (κ2) is 5.04. The van der Waals surface area contributed by atoms with Crippen LogP contribution >= 0.6 is 58.0 Å². The average Bonchev–Trinajstić information content (AvgIpc) is 1.86. The van der Waals surface area contributed by atoms with Crippen LogP contribution in [0.4, 0.5) is 0 Å². The monoisotopic (exact) mass is 254 g/mol. The zero-order valence-electron chi connectivity index (χ0n) is 5.80. The molecule has 0 radical (unpaired) electrons. The first-order valence-electron chi connectivity index (χ1n) is 3.01. The fourth-order valence-electron chi connectivity index (χ4n) is 0.562. The molecule has 0 aliphatic carbocycles. The van der Waals surface area contributed by atoms with Crippen molar-refractivity contribution in [3.63, 3.8) is 0 Å². The highest BCUT2D eigenvalue weighted by atomic mass is 35.5. The van der Waals surface area contributed by atoms with Crippen LogP contribution in [0.3, 0.4) is 0 Å². The van der Waals surface area contributed by atoms with Crippen LogP contribution in [0.15, 0.2) is 9.52 Å². The summed E-state index contributed by atoms with van der Waals surface area (Å²) in [5, 5.41) is 0.0889. The van der Waals surface area contributed by atoms with Gasteiger partial charge in [0.25, 0.3) is 0 Å². The Kier molecular flexibility index (Phi) is 5.58. The van der Waals surface area contributed by atoms with E-state index in [0.717, 1.165) is 6.42 Å². The quantitative estimate of drug-likeness (QED) is 0.633. The van der Waals surface area contributed by atoms with Gasteiger partial charge < -0.3 is 0 Å². The van der Waals surface area contributed by atoms with Crippen molar-refractivity contribution >= 4 is 58.0 Å². The summed E-state index contributed by atoms with van der Waals surface area (Å²) in [5.74, 6) is 0. The van der Waals surface area contributed by atoms with E-state index in [0.29, 0.717) is 6.42 Å². The number of allylic oxidation sites excluding steroid dienone is 1. The Morgan fingerprint density at radius 2 is 1.64 bits per heavy atom. The lowest BCUT2D eigenvalue weighted by Gasteiger charge is -2.17. The molecule has 0 heterocycles. The molecule has 0 aliphatic rings. The van der Waals surface area contributed by atoms with Crippen LogP contribution in [0, 0.1) is 0 Å². The molecule has 0 aliphatic heterocycles. The van der Waals surface area contributed by atoms with E-state index < -0.39 is 4.33 Å². The molecule has 0 aromatic heterocycles. The molecule has 0 fully saturated rings. The van der Waals surface area contributed by atoms with Gasteiger partial charge in [-0.3, -0.25) is 0 Å². The van der Waals surface area contributed by atoms with Crippen LogP contribution in [0.2, 0.25) is 0 Å². The van der Waals surface area contributed by atoms with Gasteiger partial charge in [0, 0.05) is 0 Å². The first kappa shape index (κ1) is 12.2. The van der Waals surface area contributed by atoms with Gasteiger partial charge in [0.15, 0.2) is 4.33 Å². The lowest BCUT2D eigenvalue weighted by atomic mass is 10.2. The van der Waals surface area contributed by atoms with Crippen LogP contribution in [-0.4, -0.2) is 4.33 Å². The van der Waals surface area contributed by atoms with E-state index in [1.165, 1.54) is 0 Å². The van der Waals surface area contributed by atoms with E-state index in [4.69, 9.17) is 58.0 Å². The van der Waals surface area contributed by atoms with Gasteiger partial charge in [-0.25, -0.2) is 0 Å². The van der Waals surface area contributed by atoms with Crippen molar-refractivity contribution in [1.82, 2.24) is 0 Å². The fraction of sp³-hybridized carbons (Fsp3) is 0.667. The van der Waals surface area contributed by atoms with Crippen LogP contribution in [-0.2, 0) is 0 Å². The molecule has 5 heteroatoms. The first-order chi connectivity index (χ1) is 4.91. The third-order valence-electron chi connectivity index (χ3n) is 1.05. The third kappa shape index (κ3) is 4.10. The van der Waals surface area contributed by atoms with Gasteiger partial charge in [-0.2, -0.15) is 0 Å². The predicted octanol–water partition coefficient (Wildman–Crippen LogP) is 4.85. The Morgan fingerprint density at radius 3 is 1.91 bits per heavy atom. The van der Waals surface area contributed by atoms with Crippen LogP contribution in [0.25, 0.3) is 0 Å². The highest BCUT2D eigenvalue weighted by Gasteiger charge is 2.29. The SMILES string of the molecule is CCCC(Cl)(Cl)C(Cl)=C(Cl)Cl. The van der Waals surface area contributed by atoms with E-state index in [-0.39, 0.29) is 9.52 Å². The molecule has 0 bridgehead atoms. The third-order valence-corrected chi connectivity index (χ3v) is 3.08. The molecule has 0 amide bonds. The zero-order valence-corrected chi connectivity index (χ0v) is 9.58. The summed E-state index contributed by atoms with van der Waals surface area (Å²) in [6, 6.07) is 0. The van der Waals surface area contributed by atoms with Gasteiger partial charge in [-0.05, 0) is 6.42 Å². The molecule has 0 spiro atoms. The van der Waals surface area contributed by atoms with E-state index in [1.807, 2.05) is 6.92 Å². The predicted molar refractivity (Wildman–Crippen MR) is 53.9 cm³/mol. The largest absolute Gasteiger partial charge is 0.155 e. The standard InChI is InChI=1S/C6H7Cl5/c1-2-3-6(10,11)4(7)5(8)9/h2-3H2,1H3. The lowest BCUT2D eigenvalue weighted by molar-refractivity contribution is 0.768. The number of hydrogen-bond acceptors (Lipinski definition) is 0. The number of alkyl halides is 2. The Labute approximate surface area is 91.4 Å². The smallest absolute Gasteiger partial charge is 0.0952 e. The highest BCUT2D eigenvalue weighted by molar-refractivity contribution is 6.64. The van der Waals surface area contributed by atoms with Gasteiger partial charge in [0.05, 0.1) is 5.03 Å². The average molecular weight is 256 g/mol. The summed E-state index contributed by atoms with van der Waals surface area (Å²) < 4.78 is -1.22. The van der Waals surface area contributed by atoms with Crippen molar-refractivity contribution in [2.24, 2.45) is 0 Å². The molecule has 11 heavy (non-hydrogen) atoms. The van der Waals surface area contributed by atoms with E-state index in [2.05, 4.69) is 0 Å². The minimum Gasteiger partial charge on any atom is -0.0952 e. The molecular formula is C6H7Cl5. The van der Waals surface area contributed by atoms with E-state index in [1.54, 1.807) is 0 Å². The van der Waals surface area contributed by atoms with Crippen molar-refractivity contribution in [2.45, 2.75) is 24.1 Å². The normalized spacial score (nSPS) is 11.5. The summed E-state index contributed by atoms with van der Waals surface area (Å²) in [6.07, 6.45) is 1.34. The van der Waals surface area contributed by atoms with Crippen molar-refractivity contribution in [1.29, 1.82) is 0 Å². The van der Waals surface area contributed by atoms with Crippen molar-refractivity contribution < 1.29 is 0 Å². The molecule has 0 N–H and O–H groups in total.